The molecule has 4 heteroatoms. The zero-order chi connectivity index (χ0) is 19.1. The molecule has 5 aromatic rings. The average molecular weight is 491 g/mol. The number of rotatable bonds is 3. The largest absolute Gasteiger partial charge is 1.00 e. The van der Waals surface area contributed by atoms with Crippen molar-refractivity contribution in [2.45, 2.75) is 20.4 Å². The molecule has 2 heterocycles. The Morgan fingerprint density at radius 3 is 2.41 bits per heavy atom. The topological polar surface area (TPSA) is 21.7 Å². The van der Waals surface area contributed by atoms with Crippen LogP contribution in [0.4, 0.5) is 0 Å². The van der Waals surface area contributed by atoms with E-state index in [9.17, 15) is 0 Å². The van der Waals surface area contributed by atoms with Gasteiger partial charge < -0.3 is 24.0 Å². The molecule has 0 saturated carbocycles. The molecule has 0 fully saturated rings. The molecule has 0 aliphatic heterocycles. The van der Waals surface area contributed by atoms with E-state index in [1.807, 2.05) is 6.07 Å². The fraction of sp³-hybridized carbons (Fsp3) is 0.120. The van der Waals surface area contributed by atoms with Crippen LogP contribution in [0.1, 0.15) is 12.7 Å². The summed E-state index contributed by atoms with van der Waals surface area (Å²) >= 11 is 0. The molecular formula is C25H22IN3. The van der Waals surface area contributed by atoms with Gasteiger partial charge in [-0.2, -0.15) is 4.57 Å². The molecule has 3 aromatic carbocycles. The van der Waals surface area contributed by atoms with E-state index < -0.39 is 0 Å². The van der Waals surface area contributed by atoms with Crippen molar-refractivity contribution in [2.75, 3.05) is 0 Å². The summed E-state index contributed by atoms with van der Waals surface area (Å²) in [4.78, 5) is 4.89. The third-order valence-corrected chi connectivity index (χ3v) is 5.45. The van der Waals surface area contributed by atoms with Gasteiger partial charge in [0.2, 0.25) is 0 Å². The van der Waals surface area contributed by atoms with Gasteiger partial charge in [-0.15, -0.1) is 0 Å². The number of imidazole rings is 1. The molecule has 0 saturated heterocycles. The van der Waals surface area contributed by atoms with Gasteiger partial charge in [-0.05, 0) is 49.4 Å². The Kier molecular flexibility index (Phi) is 5.37. The summed E-state index contributed by atoms with van der Waals surface area (Å²) in [5, 5.41) is 1.17. The summed E-state index contributed by atoms with van der Waals surface area (Å²) in [6.45, 7) is 5.32. The molecule has 29 heavy (non-hydrogen) atoms. The molecule has 0 aliphatic carbocycles. The molecule has 0 unspecified atom stereocenters. The Morgan fingerprint density at radius 1 is 0.862 bits per heavy atom. The highest BCUT2D eigenvalue weighted by Gasteiger charge is 2.22. The van der Waals surface area contributed by atoms with Crippen molar-refractivity contribution < 1.29 is 28.5 Å². The monoisotopic (exact) mass is 491 g/mol. The van der Waals surface area contributed by atoms with Gasteiger partial charge >= 0.3 is 0 Å². The lowest BCUT2D eigenvalue weighted by Gasteiger charge is -2.04. The number of pyridine rings is 1. The number of nitrogens with zero attached hydrogens (tertiary/aromatic N) is 3. The van der Waals surface area contributed by atoms with Gasteiger partial charge in [0.15, 0.2) is 11.0 Å². The molecule has 2 aromatic heterocycles. The van der Waals surface area contributed by atoms with Crippen LogP contribution in [0.3, 0.4) is 0 Å². The molecule has 3 nitrogen and oxygen atoms in total. The lowest BCUT2D eigenvalue weighted by atomic mass is 10.1. The first-order valence-corrected chi connectivity index (χ1v) is 9.73. The summed E-state index contributed by atoms with van der Waals surface area (Å²) in [5.74, 6) is 1.23. The number of hydrogen-bond donors (Lipinski definition) is 0. The molecule has 0 spiro atoms. The normalized spacial score (nSPS) is 11.0. The molecule has 0 radical (unpaired) electrons. The Morgan fingerprint density at radius 2 is 1.62 bits per heavy atom. The predicted molar refractivity (Wildman–Crippen MR) is 115 cm³/mol. The van der Waals surface area contributed by atoms with Crippen LogP contribution in [0.15, 0.2) is 84.9 Å². The number of fused-ring (bicyclic) bond motifs is 2. The lowest BCUT2D eigenvalue weighted by Crippen LogP contribution is -3.00. The van der Waals surface area contributed by atoms with Crippen molar-refractivity contribution in [3.05, 3.63) is 90.8 Å². The zero-order valence-electron chi connectivity index (χ0n) is 16.5. The minimum atomic E-state index is 0. The van der Waals surface area contributed by atoms with Gasteiger partial charge in [-0.25, -0.2) is 9.55 Å². The third-order valence-electron chi connectivity index (χ3n) is 5.45. The number of aromatic nitrogens is 3. The maximum Gasteiger partial charge on any atom is 0.259 e. The maximum absolute atomic E-state index is 4.89. The SMILES string of the molecule is CC[n+]1c(C)n(-c2ccccc2)c2cc(-c3ccc4ccccc4n3)ccc21.[I-]. The molecule has 0 N–H and O–H groups in total. The van der Waals surface area contributed by atoms with Gasteiger partial charge in [0, 0.05) is 17.9 Å². The van der Waals surface area contributed by atoms with Crippen molar-refractivity contribution in [1.29, 1.82) is 0 Å². The minimum absolute atomic E-state index is 0. The number of hydrogen-bond acceptors (Lipinski definition) is 1. The van der Waals surface area contributed by atoms with Crippen molar-refractivity contribution in [3.63, 3.8) is 0 Å². The van der Waals surface area contributed by atoms with E-state index in [4.69, 9.17) is 4.98 Å². The second-order valence-electron chi connectivity index (χ2n) is 7.06. The maximum atomic E-state index is 4.89. The second-order valence-corrected chi connectivity index (χ2v) is 7.06. The molecule has 144 valence electrons. The summed E-state index contributed by atoms with van der Waals surface area (Å²) in [7, 11) is 0. The Bertz CT molecular complexity index is 1310. The minimum Gasteiger partial charge on any atom is -1.00 e. The highest BCUT2D eigenvalue weighted by Crippen LogP contribution is 2.27. The standard InChI is InChI=1S/C25H22N3.HI/c1-3-27-18(2)28(21-10-5-4-6-11-21)25-17-20(14-16-24(25)27)23-15-13-19-9-7-8-12-22(19)26-23;/h4-17H,3H2,1-2H3;1H/q+1;/p-1. The first-order valence-electron chi connectivity index (χ1n) is 9.73. The molecule has 5 rings (SSSR count). The quantitative estimate of drug-likeness (QED) is 0.281. The van der Waals surface area contributed by atoms with Crippen LogP contribution in [0, 0.1) is 6.92 Å². The van der Waals surface area contributed by atoms with E-state index in [0.29, 0.717) is 0 Å². The van der Waals surface area contributed by atoms with Crippen LogP contribution < -0.4 is 28.5 Å². The lowest BCUT2D eigenvalue weighted by molar-refractivity contribution is -0.674. The summed E-state index contributed by atoms with van der Waals surface area (Å²) < 4.78 is 4.70. The van der Waals surface area contributed by atoms with E-state index >= 15 is 0 Å². The van der Waals surface area contributed by atoms with Crippen molar-refractivity contribution in [1.82, 2.24) is 9.55 Å². The van der Waals surface area contributed by atoms with Crippen molar-refractivity contribution in [2.24, 2.45) is 0 Å². The first-order chi connectivity index (χ1) is 13.8. The smallest absolute Gasteiger partial charge is 0.259 e. The van der Waals surface area contributed by atoms with E-state index in [1.54, 1.807) is 0 Å². The zero-order valence-corrected chi connectivity index (χ0v) is 18.7. The van der Waals surface area contributed by atoms with Crippen LogP contribution in [0.25, 0.3) is 38.9 Å². The van der Waals surface area contributed by atoms with Crippen LogP contribution in [0.2, 0.25) is 0 Å². The van der Waals surface area contributed by atoms with Crippen molar-refractivity contribution >= 4 is 21.9 Å². The van der Waals surface area contributed by atoms with Gasteiger partial charge in [-0.3, -0.25) is 0 Å². The van der Waals surface area contributed by atoms with E-state index in [2.05, 4.69) is 102 Å². The predicted octanol–water partition coefficient (Wildman–Crippen LogP) is 2.47. The van der Waals surface area contributed by atoms with Crippen LogP contribution in [-0.4, -0.2) is 9.55 Å². The number of aryl methyl sites for hydroxylation is 1. The van der Waals surface area contributed by atoms with E-state index in [-0.39, 0.29) is 24.0 Å². The molecular weight excluding hydrogens is 469 g/mol. The summed E-state index contributed by atoms with van der Waals surface area (Å²) in [5.41, 5.74) is 6.80. The number of para-hydroxylation sites is 2. The highest BCUT2D eigenvalue weighted by atomic mass is 127. The number of halogens is 1. The summed E-state index contributed by atoms with van der Waals surface area (Å²) in [6, 6.07) is 29.7. The fourth-order valence-corrected chi connectivity index (χ4v) is 4.09. The van der Waals surface area contributed by atoms with Crippen LogP contribution in [-0.2, 0) is 6.54 Å². The third kappa shape index (κ3) is 3.31. The molecule has 0 atom stereocenters. The molecule has 0 amide bonds. The van der Waals surface area contributed by atoms with E-state index in [0.717, 1.165) is 23.3 Å². The fourth-order valence-electron chi connectivity index (χ4n) is 4.09. The molecule has 0 bridgehead atoms. The van der Waals surface area contributed by atoms with Gasteiger partial charge in [0.1, 0.15) is 5.69 Å². The van der Waals surface area contributed by atoms with Gasteiger partial charge in [-0.1, -0.05) is 42.5 Å². The van der Waals surface area contributed by atoms with E-state index in [1.165, 1.54) is 27.9 Å². The van der Waals surface area contributed by atoms with Crippen molar-refractivity contribution in [3.8, 4) is 16.9 Å². The van der Waals surface area contributed by atoms with Gasteiger partial charge in [0.25, 0.3) is 5.82 Å². The summed E-state index contributed by atoms with van der Waals surface area (Å²) in [6.07, 6.45) is 0. The van der Waals surface area contributed by atoms with Gasteiger partial charge in [0.05, 0.1) is 17.8 Å². The van der Waals surface area contributed by atoms with Crippen LogP contribution >= 0.6 is 0 Å². The van der Waals surface area contributed by atoms with Crippen LogP contribution in [0.5, 0.6) is 0 Å². The Balaban J connectivity index is 0.00000205. The number of benzene rings is 3. The second kappa shape index (κ2) is 7.95. The average Bonchev–Trinajstić information content (AvgIpc) is 3.04. The molecule has 0 aliphatic rings. The Hall–Kier alpha value is -2.73. The Labute approximate surface area is 187 Å². The highest BCUT2D eigenvalue weighted by molar-refractivity contribution is 5.85. The first kappa shape index (κ1) is 19.6.